The number of nitrogens with zero attached hydrogens (tertiary/aromatic N) is 4. The van der Waals surface area contributed by atoms with E-state index in [1.165, 1.54) is 29.8 Å². The second kappa shape index (κ2) is 19.8. The molecular formula is C46H51N5O7S2. The second-order valence-electron chi connectivity index (χ2n) is 15.9. The van der Waals surface area contributed by atoms with Gasteiger partial charge in [-0.15, -0.1) is 11.3 Å². The molecule has 0 spiro atoms. The predicted molar refractivity (Wildman–Crippen MR) is 235 cm³/mol. The Kier molecular flexibility index (Phi) is 14.1. The van der Waals surface area contributed by atoms with Crippen LogP contribution < -0.4 is 15.0 Å². The molecule has 2 aliphatic rings. The first-order chi connectivity index (χ1) is 29.0. The van der Waals surface area contributed by atoms with E-state index in [9.17, 15) is 14.4 Å². The van der Waals surface area contributed by atoms with Crippen LogP contribution in [0.5, 0.6) is 5.75 Å². The number of carbonyl (C=O) groups excluding carboxylic acids is 3. The first kappa shape index (κ1) is 42.8. The molecule has 2 aliphatic heterocycles. The van der Waals surface area contributed by atoms with Crippen molar-refractivity contribution in [3.8, 4) is 17.6 Å². The number of likely N-dealkylation sites (tertiary alicyclic amines) is 1. The summed E-state index contributed by atoms with van der Waals surface area (Å²) in [5, 5.41) is 4.29. The molecule has 7 rings (SSSR count). The highest BCUT2D eigenvalue weighted by atomic mass is 32.1. The molecule has 60 heavy (non-hydrogen) atoms. The number of rotatable bonds is 14. The number of para-hydroxylation sites is 1. The molecule has 1 saturated heterocycles. The van der Waals surface area contributed by atoms with Crippen LogP contribution in [0.2, 0.25) is 0 Å². The van der Waals surface area contributed by atoms with Crippen molar-refractivity contribution in [2.45, 2.75) is 65.0 Å². The molecule has 12 nitrogen and oxygen atoms in total. The number of nitrogens with one attached hydrogen (secondary N) is 1. The van der Waals surface area contributed by atoms with E-state index in [1.807, 2.05) is 81.4 Å². The number of anilines is 2. The van der Waals surface area contributed by atoms with Gasteiger partial charge in [0.15, 0.2) is 16.0 Å². The molecule has 0 bridgehead atoms. The third-order valence-electron chi connectivity index (χ3n) is 10.3. The number of aryl methyl sites for hydroxylation is 1. The van der Waals surface area contributed by atoms with E-state index in [0.29, 0.717) is 68.0 Å². The molecule has 0 unspecified atom stereocenters. The highest BCUT2D eigenvalue weighted by Gasteiger charge is 2.27. The molecule has 3 aromatic carbocycles. The predicted octanol–water partition coefficient (Wildman–Crippen LogP) is 7.79. The fourth-order valence-corrected chi connectivity index (χ4v) is 9.22. The van der Waals surface area contributed by atoms with Crippen LogP contribution >= 0.6 is 22.7 Å². The fourth-order valence-electron chi connectivity index (χ4n) is 7.25. The van der Waals surface area contributed by atoms with E-state index in [-0.39, 0.29) is 18.5 Å². The van der Waals surface area contributed by atoms with Crippen molar-refractivity contribution >= 4 is 61.0 Å². The Balaban J connectivity index is 0.868. The van der Waals surface area contributed by atoms with Gasteiger partial charge >= 0.3 is 11.9 Å². The summed E-state index contributed by atoms with van der Waals surface area (Å²) in [6.45, 7) is 10.4. The molecule has 0 saturated carbocycles. The number of esters is 2. The molecule has 1 fully saturated rings. The Labute approximate surface area is 359 Å². The number of aromatic nitrogens is 2. The van der Waals surface area contributed by atoms with Gasteiger partial charge in [0.05, 0.1) is 37.1 Å². The summed E-state index contributed by atoms with van der Waals surface area (Å²) in [6.07, 6.45) is 4.05. The molecule has 14 heteroatoms. The first-order valence-corrected chi connectivity index (χ1v) is 22.0. The number of piperidine rings is 1. The van der Waals surface area contributed by atoms with Crippen LogP contribution in [0, 0.1) is 17.8 Å². The minimum absolute atomic E-state index is 0.00576. The molecule has 0 radical (unpaired) electrons. The smallest absolute Gasteiger partial charge is 0.357 e. The lowest BCUT2D eigenvalue weighted by Crippen LogP contribution is -2.35. The molecule has 0 aliphatic carbocycles. The van der Waals surface area contributed by atoms with Crippen molar-refractivity contribution in [2.24, 2.45) is 5.92 Å². The molecule has 5 aromatic rings. The van der Waals surface area contributed by atoms with Gasteiger partial charge in [0.25, 0.3) is 5.91 Å². The number of benzene rings is 3. The average molecular weight is 850 g/mol. The minimum Gasteiger partial charge on any atom is -0.494 e. The summed E-state index contributed by atoms with van der Waals surface area (Å²) in [7, 11) is 1.37. The highest BCUT2D eigenvalue weighted by Crippen LogP contribution is 2.34. The van der Waals surface area contributed by atoms with Crippen molar-refractivity contribution in [1.29, 1.82) is 0 Å². The Morgan fingerprint density at radius 3 is 2.52 bits per heavy atom. The van der Waals surface area contributed by atoms with Crippen LogP contribution in [0.1, 0.15) is 82.4 Å². The van der Waals surface area contributed by atoms with E-state index in [4.69, 9.17) is 23.9 Å². The minimum atomic E-state index is -0.501. The van der Waals surface area contributed by atoms with Crippen LogP contribution in [0.25, 0.3) is 10.2 Å². The van der Waals surface area contributed by atoms with E-state index in [2.05, 4.69) is 38.0 Å². The van der Waals surface area contributed by atoms with Crippen molar-refractivity contribution in [2.75, 3.05) is 63.3 Å². The molecule has 2 aromatic heterocycles. The number of carbonyl (C=O) groups is 3. The number of thiazole rings is 2. The lowest BCUT2D eigenvalue weighted by Gasteiger charge is -2.30. The number of hydrogen-bond acceptors (Lipinski definition) is 13. The van der Waals surface area contributed by atoms with Gasteiger partial charge in [-0.05, 0) is 125 Å². The van der Waals surface area contributed by atoms with Crippen molar-refractivity contribution in [1.82, 2.24) is 14.9 Å². The molecule has 1 N–H and O–H groups in total. The van der Waals surface area contributed by atoms with Gasteiger partial charge in [-0.3, -0.25) is 15.0 Å². The first-order valence-electron chi connectivity index (χ1n) is 20.4. The van der Waals surface area contributed by atoms with Crippen LogP contribution in [0.3, 0.4) is 0 Å². The zero-order chi connectivity index (χ0) is 42.1. The molecule has 0 atom stereocenters. The second-order valence-corrected chi connectivity index (χ2v) is 18.0. The maximum Gasteiger partial charge on any atom is 0.357 e. The zero-order valence-electron chi connectivity index (χ0n) is 34.6. The van der Waals surface area contributed by atoms with Gasteiger partial charge < -0.3 is 23.8 Å². The van der Waals surface area contributed by atoms with E-state index < -0.39 is 11.6 Å². The highest BCUT2D eigenvalue weighted by molar-refractivity contribution is 7.22. The Morgan fingerprint density at radius 1 is 0.950 bits per heavy atom. The SMILES string of the molecule is COC(=O)c1nc(N2CCc3cccc(C(=O)Nc4nc5ccccc5s4)c3C2)sc1CCCOc1ccc(C#CCN2CCC(COCC(=O)OC(C)(C)C)CC2)cc1. The maximum absolute atomic E-state index is 13.6. The van der Waals surface area contributed by atoms with Gasteiger partial charge in [-0.1, -0.05) is 47.4 Å². The third kappa shape index (κ3) is 11.5. The lowest BCUT2D eigenvalue weighted by molar-refractivity contribution is -0.160. The monoisotopic (exact) mass is 849 g/mol. The van der Waals surface area contributed by atoms with Crippen molar-refractivity contribution < 1.29 is 33.3 Å². The fraction of sp³-hybridized carbons (Fsp3) is 0.413. The van der Waals surface area contributed by atoms with Crippen molar-refractivity contribution in [3.05, 3.63) is 99.6 Å². The molecule has 314 valence electrons. The van der Waals surface area contributed by atoms with Crippen LogP contribution in [-0.4, -0.2) is 91.4 Å². The van der Waals surface area contributed by atoms with Gasteiger partial charge in [0.2, 0.25) is 0 Å². The quantitative estimate of drug-likeness (QED) is 0.0668. The van der Waals surface area contributed by atoms with Crippen LogP contribution in [0.4, 0.5) is 10.3 Å². The van der Waals surface area contributed by atoms with Gasteiger partial charge in [0, 0.05) is 29.1 Å². The van der Waals surface area contributed by atoms with Gasteiger partial charge in [0.1, 0.15) is 18.0 Å². The van der Waals surface area contributed by atoms with E-state index >= 15 is 0 Å². The van der Waals surface area contributed by atoms with Crippen molar-refractivity contribution in [3.63, 3.8) is 0 Å². The summed E-state index contributed by atoms with van der Waals surface area (Å²) in [4.78, 5) is 52.9. The Morgan fingerprint density at radius 2 is 1.75 bits per heavy atom. The topological polar surface area (TPSA) is 132 Å². The van der Waals surface area contributed by atoms with Crippen LogP contribution in [0.15, 0.2) is 66.7 Å². The maximum atomic E-state index is 13.6. The summed E-state index contributed by atoms with van der Waals surface area (Å²) in [5.74, 6) is 6.77. The third-order valence-corrected chi connectivity index (χ3v) is 12.4. The number of hydrogen-bond donors (Lipinski definition) is 1. The Bertz CT molecular complexity index is 2320. The standard InChI is InChI=1S/C46H51N5O7S2/c1-46(2,3)58-40(52)30-56-29-32-20-24-50(25-21-32)23-8-10-31-16-18-34(19-17-31)57-27-9-15-39-41(43(54)55-4)48-45(60-39)51-26-22-33-11-7-12-35(36(33)28-51)42(53)49-44-47-37-13-5-6-14-38(37)59-44/h5-7,11-14,16-19,32H,9,15,20-30H2,1-4H3,(H,47,49,53). The summed E-state index contributed by atoms with van der Waals surface area (Å²) in [6, 6.07) is 21.4. The van der Waals surface area contributed by atoms with E-state index in [0.717, 1.165) is 75.0 Å². The Hall–Kier alpha value is -5.33. The molecule has 4 heterocycles. The average Bonchev–Trinajstić information content (AvgIpc) is 3.86. The largest absolute Gasteiger partial charge is 0.494 e. The summed E-state index contributed by atoms with van der Waals surface area (Å²) >= 11 is 2.93. The van der Waals surface area contributed by atoms with Gasteiger partial charge in [-0.2, -0.15) is 0 Å². The number of methoxy groups -OCH3 is 1. The molecular weight excluding hydrogens is 799 g/mol. The number of ether oxygens (including phenoxy) is 4. The zero-order valence-corrected chi connectivity index (χ0v) is 36.2. The van der Waals surface area contributed by atoms with E-state index in [1.54, 1.807) is 0 Å². The molecule has 1 amide bonds. The number of fused-ring (bicyclic) bond motifs is 2. The normalized spacial score (nSPS) is 14.6. The lowest BCUT2D eigenvalue weighted by atomic mass is 9.94. The summed E-state index contributed by atoms with van der Waals surface area (Å²) < 4.78 is 23.1. The summed E-state index contributed by atoms with van der Waals surface area (Å²) in [5.41, 5.74) is 4.27. The van der Waals surface area contributed by atoms with Crippen LogP contribution in [-0.2, 0) is 38.4 Å². The number of amides is 1. The van der Waals surface area contributed by atoms with Gasteiger partial charge in [-0.25, -0.2) is 19.6 Å².